The molecular weight excluding hydrogens is 424 g/mol. The van der Waals surface area contributed by atoms with E-state index in [4.69, 9.17) is 0 Å². The zero-order valence-electron chi connectivity index (χ0n) is 15.5. The molecule has 144 valence electrons. The van der Waals surface area contributed by atoms with Crippen molar-refractivity contribution in [3.63, 3.8) is 0 Å². The summed E-state index contributed by atoms with van der Waals surface area (Å²) in [6.07, 6.45) is 1.98. The molecule has 8 heteroatoms. The van der Waals surface area contributed by atoms with E-state index >= 15 is 0 Å². The molecule has 28 heavy (non-hydrogen) atoms. The quantitative estimate of drug-likeness (QED) is 0.647. The Hall–Kier alpha value is -2.74. The van der Waals surface area contributed by atoms with Crippen LogP contribution in [0.2, 0.25) is 0 Å². The van der Waals surface area contributed by atoms with E-state index in [1.165, 1.54) is 4.57 Å². The summed E-state index contributed by atoms with van der Waals surface area (Å²) in [6, 6.07) is 7.22. The number of H-pyrrole nitrogens is 1. The van der Waals surface area contributed by atoms with Gasteiger partial charge in [0.15, 0.2) is 5.65 Å². The van der Waals surface area contributed by atoms with Crippen LogP contribution in [0.1, 0.15) is 47.3 Å². The molecule has 3 aromatic rings. The second kappa shape index (κ2) is 7.01. The van der Waals surface area contributed by atoms with Crippen molar-refractivity contribution in [1.82, 2.24) is 14.5 Å². The molecule has 1 aliphatic rings. The number of amides is 1. The highest BCUT2D eigenvalue weighted by Gasteiger charge is 2.28. The van der Waals surface area contributed by atoms with Gasteiger partial charge < -0.3 is 5.32 Å². The van der Waals surface area contributed by atoms with Gasteiger partial charge in [0.05, 0.1) is 10.9 Å². The number of carbonyl (C=O) groups is 1. The molecule has 0 radical (unpaired) electrons. The van der Waals surface area contributed by atoms with Crippen molar-refractivity contribution < 1.29 is 4.79 Å². The lowest BCUT2D eigenvalue weighted by atomic mass is 10.1. The van der Waals surface area contributed by atoms with Crippen molar-refractivity contribution in [2.45, 2.75) is 39.2 Å². The van der Waals surface area contributed by atoms with E-state index in [1.54, 1.807) is 19.1 Å². The summed E-state index contributed by atoms with van der Waals surface area (Å²) in [7, 11) is 0. The van der Waals surface area contributed by atoms with Crippen molar-refractivity contribution in [3.05, 3.63) is 66.4 Å². The molecule has 0 aliphatic heterocycles. The number of aromatic nitrogens is 3. The average molecular weight is 443 g/mol. The molecule has 0 spiro atoms. The molecule has 1 aliphatic carbocycles. The Morgan fingerprint density at radius 2 is 2.07 bits per heavy atom. The van der Waals surface area contributed by atoms with Crippen LogP contribution < -0.4 is 16.6 Å². The SMILES string of the molecule is CCn1c(=O)[nH]c(=O)c2c(C(=O)Nc3ccc(Br)cc3C)cc(C3CC3)nc21. The molecule has 2 heterocycles. The standard InChI is InChI=1S/C20H19BrN4O3/c1-3-25-17-16(19(27)24-20(25)28)13(9-15(22-17)11-4-5-11)18(26)23-14-7-6-12(21)8-10(14)2/h6-9,11H,3-5H2,1-2H3,(H,23,26)(H,24,27,28). The van der Waals surface area contributed by atoms with E-state index in [1.807, 2.05) is 19.1 Å². The molecule has 0 unspecified atom stereocenters. The molecule has 2 aromatic heterocycles. The number of rotatable bonds is 4. The molecule has 0 bridgehead atoms. The van der Waals surface area contributed by atoms with E-state index in [2.05, 4.69) is 31.2 Å². The van der Waals surface area contributed by atoms with Crippen LogP contribution >= 0.6 is 15.9 Å². The van der Waals surface area contributed by atoms with Gasteiger partial charge in [0.1, 0.15) is 0 Å². The number of aryl methyl sites for hydroxylation is 2. The first-order valence-electron chi connectivity index (χ1n) is 9.14. The monoisotopic (exact) mass is 442 g/mol. The third kappa shape index (κ3) is 3.28. The summed E-state index contributed by atoms with van der Waals surface area (Å²) in [5, 5.41) is 3.02. The summed E-state index contributed by atoms with van der Waals surface area (Å²) in [5.74, 6) is -0.128. The van der Waals surface area contributed by atoms with E-state index in [0.29, 0.717) is 12.2 Å². The smallest absolute Gasteiger partial charge is 0.322 e. The molecule has 7 nitrogen and oxygen atoms in total. The van der Waals surface area contributed by atoms with Crippen molar-refractivity contribution in [2.75, 3.05) is 5.32 Å². The highest BCUT2D eigenvalue weighted by atomic mass is 79.9. The number of fused-ring (bicyclic) bond motifs is 1. The molecule has 4 rings (SSSR count). The number of nitrogens with zero attached hydrogens (tertiary/aromatic N) is 2. The third-order valence-corrected chi connectivity index (χ3v) is 5.45. The van der Waals surface area contributed by atoms with Crippen molar-refractivity contribution in [3.8, 4) is 0 Å². The zero-order valence-corrected chi connectivity index (χ0v) is 17.1. The van der Waals surface area contributed by atoms with Crippen molar-refractivity contribution in [1.29, 1.82) is 0 Å². The number of pyridine rings is 1. The lowest BCUT2D eigenvalue weighted by Gasteiger charge is -2.13. The number of halogens is 1. The molecule has 1 aromatic carbocycles. The summed E-state index contributed by atoms with van der Waals surface area (Å²) < 4.78 is 2.31. The molecule has 0 atom stereocenters. The number of anilines is 1. The number of aromatic amines is 1. The highest BCUT2D eigenvalue weighted by Crippen LogP contribution is 2.40. The number of hydrogen-bond acceptors (Lipinski definition) is 4. The maximum atomic E-state index is 13.1. The van der Waals surface area contributed by atoms with E-state index in [-0.39, 0.29) is 22.5 Å². The summed E-state index contributed by atoms with van der Waals surface area (Å²) in [5.41, 5.74) is 1.68. The second-order valence-corrected chi connectivity index (χ2v) is 7.90. The summed E-state index contributed by atoms with van der Waals surface area (Å²) in [6.45, 7) is 4.04. The largest absolute Gasteiger partial charge is 0.329 e. The van der Waals surface area contributed by atoms with Crippen LogP contribution in [0.15, 0.2) is 38.3 Å². The fourth-order valence-electron chi connectivity index (χ4n) is 3.31. The fraction of sp³-hybridized carbons (Fsp3) is 0.300. The van der Waals surface area contributed by atoms with Crippen LogP contribution in [0.25, 0.3) is 11.0 Å². The second-order valence-electron chi connectivity index (χ2n) is 6.98. The highest BCUT2D eigenvalue weighted by molar-refractivity contribution is 9.10. The van der Waals surface area contributed by atoms with Crippen LogP contribution in [-0.4, -0.2) is 20.4 Å². The first-order chi connectivity index (χ1) is 13.4. The Bertz CT molecular complexity index is 1220. The van der Waals surface area contributed by atoms with Crippen LogP contribution in [0.3, 0.4) is 0 Å². The predicted molar refractivity (Wildman–Crippen MR) is 111 cm³/mol. The predicted octanol–water partition coefficient (Wildman–Crippen LogP) is 3.31. The normalized spacial score (nSPS) is 13.7. The first kappa shape index (κ1) is 18.6. The Balaban J connectivity index is 1.91. The lowest BCUT2D eigenvalue weighted by molar-refractivity contribution is 0.102. The van der Waals surface area contributed by atoms with Gasteiger partial charge in [0, 0.05) is 28.3 Å². The number of benzene rings is 1. The summed E-state index contributed by atoms with van der Waals surface area (Å²) in [4.78, 5) is 44.7. The zero-order chi connectivity index (χ0) is 20.0. The van der Waals surface area contributed by atoms with Gasteiger partial charge in [-0.25, -0.2) is 9.78 Å². The van der Waals surface area contributed by atoms with Gasteiger partial charge in [-0.15, -0.1) is 0 Å². The van der Waals surface area contributed by atoms with Gasteiger partial charge in [0.2, 0.25) is 0 Å². The van der Waals surface area contributed by atoms with E-state index in [0.717, 1.165) is 28.6 Å². The molecule has 2 N–H and O–H groups in total. The Morgan fingerprint density at radius 1 is 1.32 bits per heavy atom. The van der Waals surface area contributed by atoms with Crippen LogP contribution in [0, 0.1) is 6.92 Å². The maximum absolute atomic E-state index is 13.1. The number of carbonyl (C=O) groups excluding carboxylic acids is 1. The van der Waals surface area contributed by atoms with Gasteiger partial charge >= 0.3 is 5.69 Å². The van der Waals surface area contributed by atoms with Crippen molar-refractivity contribution >= 4 is 38.6 Å². The molecule has 1 amide bonds. The van der Waals surface area contributed by atoms with Crippen LogP contribution in [0.5, 0.6) is 0 Å². The Labute approximate surface area is 168 Å². The fourth-order valence-corrected chi connectivity index (χ4v) is 3.79. The van der Waals surface area contributed by atoms with Crippen LogP contribution in [-0.2, 0) is 6.54 Å². The molecular formula is C20H19BrN4O3. The average Bonchev–Trinajstić information content (AvgIpc) is 3.48. The van der Waals surface area contributed by atoms with E-state index < -0.39 is 17.2 Å². The topological polar surface area (TPSA) is 96.9 Å². The van der Waals surface area contributed by atoms with E-state index in [9.17, 15) is 14.4 Å². The molecule has 0 saturated heterocycles. The van der Waals surface area contributed by atoms with Gasteiger partial charge in [0.25, 0.3) is 11.5 Å². The lowest BCUT2D eigenvalue weighted by Crippen LogP contribution is -2.32. The minimum absolute atomic E-state index is 0.137. The minimum Gasteiger partial charge on any atom is -0.322 e. The first-order valence-corrected chi connectivity index (χ1v) is 9.93. The van der Waals surface area contributed by atoms with Crippen molar-refractivity contribution in [2.24, 2.45) is 0 Å². The minimum atomic E-state index is -0.600. The molecule has 1 saturated carbocycles. The number of nitrogens with one attached hydrogen (secondary N) is 2. The van der Waals surface area contributed by atoms with Gasteiger partial charge in [-0.3, -0.25) is 19.1 Å². The Morgan fingerprint density at radius 3 is 2.71 bits per heavy atom. The maximum Gasteiger partial charge on any atom is 0.329 e. The van der Waals surface area contributed by atoms with Gasteiger partial charge in [-0.05, 0) is 56.5 Å². The third-order valence-electron chi connectivity index (χ3n) is 4.96. The number of hydrogen-bond donors (Lipinski definition) is 2. The van der Waals surface area contributed by atoms with Crippen LogP contribution in [0.4, 0.5) is 5.69 Å². The summed E-state index contributed by atoms with van der Waals surface area (Å²) >= 11 is 3.41. The van der Waals surface area contributed by atoms with Gasteiger partial charge in [-0.2, -0.15) is 0 Å². The van der Waals surface area contributed by atoms with Gasteiger partial charge in [-0.1, -0.05) is 15.9 Å². The Kier molecular flexibility index (Phi) is 4.66. The molecule has 1 fully saturated rings.